The maximum absolute atomic E-state index is 12.9. The molecule has 1 aliphatic heterocycles. The van der Waals surface area contributed by atoms with Crippen molar-refractivity contribution in [1.29, 1.82) is 0 Å². The van der Waals surface area contributed by atoms with Crippen molar-refractivity contribution < 1.29 is 24.2 Å². The highest BCUT2D eigenvalue weighted by Crippen LogP contribution is 2.41. The lowest BCUT2D eigenvalue weighted by Crippen LogP contribution is -2.32. The van der Waals surface area contributed by atoms with Crippen molar-refractivity contribution in [3.63, 3.8) is 0 Å². The minimum atomic E-state index is -0.829. The average molecular weight is 464 g/mol. The van der Waals surface area contributed by atoms with Gasteiger partial charge in [-0.05, 0) is 36.2 Å². The highest BCUT2D eigenvalue weighted by molar-refractivity contribution is 6.46. The second-order valence-corrected chi connectivity index (χ2v) is 7.85. The molecule has 0 aromatic heterocycles. The molecule has 6 nitrogen and oxygen atoms in total. The van der Waals surface area contributed by atoms with E-state index in [1.165, 1.54) is 12.0 Å². The van der Waals surface area contributed by atoms with Gasteiger partial charge in [0.2, 0.25) is 0 Å². The third-order valence-corrected chi connectivity index (χ3v) is 5.66. The van der Waals surface area contributed by atoms with Gasteiger partial charge in [-0.25, -0.2) is 0 Å². The predicted octanol–water partition coefficient (Wildman–Crippen LogP) is 4.85. The van der Waals surface area contributed by atoms with Gasteiger partial charge in [-0.3, -0.25) is 9.59 Å². The van der Waals surface area contributed by atoms with E-state index in [0.29, 0.717) is 28.5 Å². The van der Waals surface area contributed by atoms with Gasteiger partial charge in [0, 0.05) is 19.2 Å². The first-order chi connectivity index (χ1) is 14.9. The molecule has 1 heterocycles. The fourth-order valence-electron chi connectivity index (χ4n) is 3.44. The molecule has 0 bridgehead atoms. The van der Waals surface area contributed by atoms with Crippen LogP contribution in [0.2, 0.25) is 10.0 Å². The molecule has 1 N–H and O–H groups in total. The minimum Gasteiger partial charge on any atom is -0.507 e. The van der Waals surface area contributed by atoms with E-state index in [0.717, 1.165) is 6.42 Å². The molecule has 1 saturated heterocycles. The Bertz CT molecular complexity index is 1020. The highest BCUT2D eigenvalue weighted by atomic mass is 35.5. The van der Waals surface area contributed by atoms with Crippen LogP contribution >= 0.6 is 23.2 Å². The maximum Gasteiger partial charge on any atom is 0.295 e. The Morgan fingerprint density at radius 1 is 1.10 bits per heavy atom. The zero-order valence-corrected chi connectivity index (χ0v) is 18.7. The Kier molecular flexibility index (Phi) is 7.59. The van der Waals surface area contributed by atoms with Gasteiger partial charge in [0.05, 0.1) is 34.9 Å². The van der Waals surface area contributed by atoms with Crippen molar-refractivity contribution in [3.8, 4) is 5.75 Å². The summed E-state index contributed by atoms with van der Waals surface area (Å²) in [5.74, 6) is -1.21. The number of hydrogen-bond acceptors (Lipinski definition) is 5. The largest absolute Gasteiger partial charge is 0.507 e. The van der Waals surface area contributed by atoms with Gasteiger partial charge >= 0.3 is 0 Å². The summed E-state index contributed by atoms with van der Waals surface area (Å²) < 4.78 is 10.7. The third-order valence-electron chi connectivity index (χ3n) is 4.92. The fourth-order valence-corrected chi connectivity index (χ4v) is 3.74. The number of amides is 1. The molecule has 1 fully saturated rings. The van der Waals surface area contributed by atoms with Crippen molar-refractivity contribution in [2.45, 2.75) is 19.4 Å². The van der Waals surface area contributed by atoms with Gasteiger partial charge in [-0.15, -0.1) is 0 Å². The molecule has 1 aliphatic rings. The van der Waals surface area contributed by atoms with E-state index in [4.69, 9.17) is 32.7 Å². The molecule has 0 radical (unpaired) electrons. The number of halogens is 2. The molecule has 2 aromatic carbocycles. The number of rotatable bonds is 8. The number of Topliss-reactive ketones (excluding diaryl/α,β-unsaturated/α-hetero) is 1. The van der Waals surface area contributed by atoms with Crippen molar-refractivity contribution in [2.24, 2.45) is 0 Å². The van der Waals surface area contributed by atoms with Crippen LogP contribution in [0.25, 0.3) is 5.76 Å². The number of aliphatic hydroxyl groups is 1. The van der Waals surface area contributed by atoms with E-state index in [2.05, 4.69) is 0 Å². The number of carbonyl (C=O) groups excluding carboxylic acids is 2. The van der Waals surface area contributed by atoms with E-state index in [9.17, 15) is 14.7 Å². The number of aliphatic hydroxyl groups excluding tert-OH is 1. The van der Waals surface area contributed by atoms with Gasteiger partial charge in [-0.2, -0.15) is 0 Å². The van der Waals surface area contributed by atoms with E-state index in [-0.39, 0.29) is 29.5 Å². The summed E-state index contributed by atoms with van der Waals surface area (Å²) in [6, 6.07) is 10.8. The molecule has 0 saturated carbocycles. The van der Waals surface area contributed by atoms with Crippen LogP contribution in [0.15, 0.2) is 48.0 Å². The van der Waals surface area contributed by atoms with Crippen LogP contribution in [-0.2, 0) is 14.3 Å². The zero-order valence-electron chi connectivity index (χ0n) is 17.2. The monoisotopic (exact) mass is 463 g/mol. The number of carbonyl (C=O) groups is 2. The Labute approximate surface area is 191 Å². The van der Waals surface area contributed by atoms with Crippen molar-refractivity contribution in [2.75, 3.05) is 26.9 Å². The molecule has 1 amide bonds. The standard InChI is InChI=1S/C23H23Cl2NO5/c1-3-10-31-16-6-4-5-15(12-16)21(27)19-20(14-7-8-17(24)18(25)13-14)26(9-11-30-2)23(29)22(19)28/h4-8,12-13,20,27H,3,9-11H2,1-2H3/b21-19-. The molecule has 0 spiro atoms. The van der Waals surface area contributed by atoms with Crippen LogP contribution in [0.1, 0.15) is 30.5 Å². The number of ether oxygens (including phenoxy) is 2. The average Bonchev–Trinajstić information content (AvgIpc) is 3.02. The van der Waals surface area contributed by atoms with Crippen molar-refractivity contribution in [1.82, 2.24) is 4.90 Å². The molecule has 1 unspecified atom stereocenters. The maximum atomic E-state index is 12.9. The number of methoxy groups -OCH3 is 1. The minimum absolute atomic E-state index is 0.0212. The van der Waals surface area contributed by atoms with Gasteiger partial charge < -0.3 is 19.5 Å². The van der Waals surface area contributed by atoms with Gasteiger partial charge in [0.25, 0.3) is 11.7 Å². The van der Waals surface area contributed by atoms with E-state index >= 15 is 0 Å². The highest BCUT2D eigenvalue weighted by Gasteiger charge is 2.46. The van der Waals surface area contributed by atoms with Crippen LogP contribution in [0.3, 0.4) is 0 Å². The summed E-state index contributed by atoms with van der Waals surface area (Å²) in [7, 11) is 1.51. The van der Waals surface area contributed by atoms with Crippen molar-refractivity contribution in [3.05, 3.63) is 69.2 Å². The Morgan fingerprint density at radius 2 is 1.87 bits per heavy atom. The molecule has 3 rings (SSSR count). The number of likely N-dealkylation sites (tertiary alicyclic amines) is 1. The summed E-state index contributed by atoms with van der Waals surface area (Å²) in [4.78, 5) is 27.1. The molecule has 1 atom stereocenters. The summed E-state index contributed by atoms with van der Waals surface area (Å²) in [5.41, 5.74) is 0.917. The molecule has 0 aliphatic carbocycles. The van der Waals surface area contributed by atoms with Crippen LogP contribution in [0.5, 0.6) is 5.75 Å². The van der Waals surface area contributed by atoms with Gasteiger partial charge in [0.1, 0.15) is 11.5 Å². The van der Waals surface area contributed by atoms with Crippen LogP contribution in [0, 0.1) is 0 Å². The Morgan fingerprint density at radius 3 is 2.55 bits per heavy atom. The fraction of sp³-hybridized carbons (Fsp3) is 0.304. The molecule has 2 aromatic rings. The topological polar surface area (TPSA) is 76.1 Å². The third kappa shape index (κ3) is 4.87. The smallest absolute Gasteiger partial charge is 0.295 e. The van der Waals surface area contributed by atoms with Crippen LogP contribution in [0.4, 0.5) is 0 Å². The normalized spacial score (nSPS) is 17.9. The van der Waals surface area contributed by atoms with E-state index < -0.39 is 17.7 Å². The van der Waals surface area contributed by atoms with Crippen molar-refractivity contribution >= 4 is 40.7 Å². The molecule has 164 valence electrons. The van der Waals surface area contributed by atoms with Crippen LogP contribution < -0.4 is 4.74 Å². The van der Waals surface area contributed by atoms with Gasteiger partial charge in [-0.1, -0.05) is 48.3 Å². The quantitative estimate of drug-likeness (QED) is 0.344. The SMILES string of the molecule is CCCOc1cccc(/C(O)=C2/C(=O)C(=O)N(CCOC)C2c2ccc(Cl)c(Cl)c2)c1. The lowest BCUT2D eigenvalue weighted by atomic mass is 9.95. The lowest BCUT2D eigenvalue weighted by Gasteiger charge is -2.25. The van der Waals surface area contributed by atoms with Crippen LogP contribution in [-0.4, -0.2) is 48.6 Å². The number of benzene rings is 2. The Hall–Kier alpha value is -2.54. The predicted molar refractivity (Wildman–Crippen MR) is 120 cm³/mol. The first kappa shape index (κ1) is 23.1. The number of ketones is 1. The summed E-state index contributed by atoms with van der Waals surface area (Å²) >= 11 is 12.2. The molecule has 8 heteroatoms. The second-order valence-electron chi connectivity index (χ2n) is 7.04. The molecular formula is C23H23Cl2NO5. The molecule has 31 heavy (non-hydrogen) atoms. The van der Waals surface area contributed by atoms with E-state index in [1.54, 1.807) is 42.5 Å². The molecular weight excluding hydrogens is 441 g/mol. The summed E-state index contributed by atoms with van der Waals surface area (Å²) in [6.45, 7) is 2.91. The lowest BCUT2D eigenvalue weighted by molar-refractivity contribution is -0.140. The second kappa shape index (κ2) is 10.2. The number of hydrogen-bond donors (Lipinski definition) is 1. The first-order valence-corrected chi connectivity index (χ1v) is 10.6. The Balaban J connectivity index is 2.13. The summed E-state index contributed by atoms with van der Waals surface area (Å²) in [5, 5.41) is 11.7. The first-order valence-electron chi connectivity index (χ1n) is 9.84. The van der Waals surface area contributed by atoms with E-state index in [1.807, 2.05) is 6.92 Å². The zero-order chi connectivity index (χ0) is 22.5. The van der Waals surface area contributed by atoms with Gasteiger partial charge in [0.15, 0.2) is 0 Å². The summed E-state index contributed by atoms with van der Waals surface area (Å²) in [6.07, 6.45) is 0.831. The number of nitrogens with zero attached hydrogens (tertiary/aromatic N) is 1.